The fourth-order valence-corrected chi connectivity index (χ4v) is 4.20. The highest BCUT2D eigenvalue weighted by Gasteiger charge is 2.30. The van der Waals surface area contributed by atoms with Crippen LogP contribution in [0, 0.1) is 0 Å². The highest BCUT2D eigenvalue weighted by Crippen LogP contribution is 2.31. The zero-order valence-electron chi connectivity index (χ0n) is 20.8. The largest absolute Gasteiger partial charge is 0.483 e. The van der Waals surface area contributed by atoms with Crippen LogP contribution in [0.15, 0.2) is 78.9 Å². The van der Waals surface area contributed by atoms with Crippen LogP contribution in [-0.2, 0) is 28.0 Å². The molecule has 1 atom stereocenters. The predicted molar refractivity (Wildman–Crippen MR) is 141 cm³/mol. The molecular formula is C29H33ClN2O3. The summed E-state index contributed by atoms with van der Waals surface area (Å²) in [4.78, 5) is 28.2. The Kier molecular flexibility index (Phi) is 8.94. The minimum atomic E-state index is -0.713. The van der Waals surface area contributed by atoms with Gasteiger partial charge in [-0.25, -0.2) is 0 Å². The number of rotatable bonds is 9. The molecule has 0 aliphatic carbocycles. The lowest BCUT2D eigenvalue weighted by Gasteiger charge is -2.31. The maximum absolute atomic E-state index is 13.6. The number of carbonyl (C=O) groups is 2. The van der Waals surface area contributed by atoms with E-state index in [9.17, 15) is 9.59 Å². The monoisotopic (exact) mass is 492 g/mol. The summed E-state index contributed by atoms with van der Waals surface area (Å²) in [6.07, 6.45) is 0.380. The minimum absolute atomic E-state index is 0.141. The predicted octanol–water partition coefficient (Wildman–Crippen LogP) is 5.40. The number of nitrogens with zero attached hydrogens (tertiary/aromatic N) is 1. The van der Waals surface area contributed by atoms with Crippen molar-refractivity contribution >= 4 is 23.4 Å². The van der Waals surface area contributed by atoms with E-state index in [4.69, 9.17) is 16.3 Å². The number of halogens is 1. The van der Waals surface area contributed by atoms with Crippen LogP contribution in [-0.4, -0.2) is 36.4 Å². The molecule has 2 amide bonds. The SMILES string of the molecule is CNC(=O)C(Cc1ccccc1)N(Cc1cccc(Cl)c1)C(=O)COc1ccccc1C(C)(C)C. The van der Waals surface area contributed by atoms with Crippen LogP contribution in [0.5, 0.6) is 5.75 Å². The van der Waals surface area contributed by atoms with E-state index >= 15 is 0 Å². The first-order valence-electron chi connectivity index (χ1n) is 11.7. The van der Waals surface area contributed by atoms with Gasteiger partial charge >= 0.3 is 0 Å². The van der Waals surface area contributed by atoms with Crippen LogP contribution in [0.2, 0.25) is 5.02 Å². The molecule has 0 heterocycles. The Morgan fingerprint density at radius 3 is 2.26 bits per heavy atom. The number of hydrogen-bond donors (Lipinski definition) is 1. The van der Waals surface area contributed by atoms with Gasteiger partial charge in [-0.3, -0.25) is 9.59 Å². The molecule has 3 aromatic carbocycles. The van der Waals surface area contributed by atoms with Gasteiger partial charge in [-0.1, -0.05) is 93.0 Å². The molecule has 0 bridgehead atoms. The van der Waals surface area contributed by atoms with Gasteiger partial charge in [-0.05, 0) is 40.3 Å². The number of para-hydroxylation sites is 1. The highest BCUT2D eigenvalue weighted by atomic mass is 35.5. The Morgan fingerprint density at radius 2 is 1.60 bits per heavy atom. The first kappa shape index (κ1) is 26.3. The molecule has 0 fully saturated rings. The molecule has 3 aromatic rings. The third kappa shape index (κ3) is 7.33. The molecule has 0 spiro atoms. The smallest absolute Gasteiger partial charge is 0.261 e. The molecule has 0 saturated carbocycles. The first-order valence-corrected chi connectivity index (χ1v) is 12.1. The van der Waals surface area contributed by atoms with E-state index in [0.29, 0.717) is 17.2 Å². The number of ether oxygens (including phenoxy) is 1. The quantitative estimate of drug-likeness (QED) is 0.435. The summed E-state index contributed by atoms with van der Waals surface area (Å²) in [6, 6.07) is 24.0. The summed E-state index contributed by atoms with van der Waals surface area (Å²) < 4.78 is 6.03. The van der Waals surface area contributed by atoms with E-state index in [-0.39, 0.29) is 30.4 Å². The lowest BCUT2D eigenvalue weighted by atomic mass is 9.86. The number of nitrogens with one attached hydrogen (secondary N) is 1. The van der Waals surface area contributed by atoms with E-state index < -0.39 is 6.04 Å². The molecule has 184 valence electrons. The Morgan fingerprint density at radius 1 is 0.943 bits per heavy atom. The van der Waals surface area contributed by atoms with E-state index in [2.05, 4.69) is 26.1 Å². The van der Waals surface area contributed by atoms with Crippen molar-refractivity contribution in [3.63, 3.8) is 0 Å². The lowest BCUT2D eigenvalue weighted by Crippen LogP contribution is -2.51. The number of likely N-dealkylation sites (N-methyl/N-ethyl adjacent to an activating group) is 1. The van der Waals surface area contributed by atoms with Crippen molar-refractivity contribution < 1.29 is 14.3 Å². The highest BCUT2D eigenvalue weighted by molar-refractivity contribution is 6.30. The van der Waals surface area contributed by atoms with Crippen molar-refractivity contribution in [1.82, 2.24) is 10.2 Å². The average Bonchev–Trinajstić information content (AvgIpc) is 2.84. The molecule has 0 radical (unpaired) electrons. The number of amides is 2. The van der Waals surface area contributed by atoms with Gasteiger partial charge in [0.2, 0.25) is 5.91 Å². The second kappa shape index (κ2) is 11.9. The topological polar surface area (TPSA) is 58.6 Å². The van der Waals surface area contributed by atoms with Gasteiger partial charge in [0.15, 0.2) is 6.61 Å². The van der Waals surface area contributed by atoms with Crippen LogP contribution in [0.1, 0.15) is 37.5 Å². The molecule has 35 heavy (non-hydrogen) atoms. The van der Waals surface area contributed by atoms with Crippen LogP contribution >= 0.6 is 11.6 Å². The van der Waals surface area contributed by atoms with Gasteiger partial charge in [0.1, 0.15) is 11.8 Å². The summed E-state index contributed by atoms with van der Waals surface area (Å²) in [5, 5.41) is 3.29. The third-order valence-corrected chi connectivity index (χ3v) is 6.04. The molecule has 0 aliphatic heterocycles. The van der Waals surface area contributed by atoms with Gasteiger partial charge in [0.25, 0.3) is 5.91 Å². The summed E-state index contributed by atoms with van der Waals surface area (Å²) in [5.41, 5.74) is 2.67. The molecule has 1 unspecified atom stereocenters. The van der Waals surface area contributed by atoms with Crippen molar-refractivity contribution in [3.8, 4) is 5.75 Å². The second-order valence-electron chi connectivity index (χ2n) is 9.51. The fraction of sp³-hybridized carbons (Fsp3) is 0.310. The Bertz CT molecular complexity index is 1140. The Labute approximate surface area is 213 Å². The van der Waals surface area contributed by atoms with Gasteiger partial charge in [0.05, 0.1) is 0 Å². The van der Waals surface area contributed by atoms with Crippen molar-refractivity contribution in [2.45, 2.75) is 45.2 Å². The summed E-state index contributed by atoms with van der Waals surface area (Å²) in [5.74, 6) is 0.146. The van der Waals surface area contributed by atoms with Crippen LogP contribution in [0.4, 0.5) is 0 Å². The molecule has 6 heteroatoms. The molecule has 0 aromatic heterocycles. The van der Waals surface area contributed by atoms with Crippen LogP contribution in [0.25, 0.3) is 0 Å². The average molecular weight is 493 g/mol. The maximum Gasteiger partial charge on any atom is 0.261 e. The van der Waals surface area contributed by atoms with E-state index in [1.807, 2.05) is 66.7 Å². The summed E-state index contributed by atoms with van der Waals surface area (Å²) in [7, 11) is 1.58. The van der Waals surface area contributed by atoms with Crippen molar-refractivity contribution in [3.05, 3.63) is 101 Å². The number of hydrogen-bond acceptors (Lipinski definition) is 3. The van der Waals surface area contributed by atoms with Crippen molar-refractivity contribution in [2.24, 2.45) is 0 Å². The van der Waals surface area contributed by atoms with Gasteiger partial charge in [-0.2, -0.15) is 0 Å². The summed E-state index contributed by atoms with van der Waals surface area (Å²) >= 11 is 6.20. The number of carbonyl (C=O) groups excluding carboxylic acids is 2. The van der Waals surface area contributed by atoms with E-state index in [1.54, 1.807) is 24.1 Å². The molecule has 5 nitrogen and oxygen atoms in total. The Hall–Kier alpha value is -3.31. The number of benzene rings is 3. The maximum atomic E-state index is 13.6. The van der Waals surface area contributed by atoms with Gasteiger partial charge in [-0.15, -0.1) is 0 Å². The minimum Gasteiger partial charge on any atom is -0.483 e. The molecule has 1 N–H and O–H groups in total. The summed E-state index contributed by atoms with van der Waals surface area (Å²) in [6.45, 7) is 6.35. The molecule has 0 aliphatic rings. The third-order valence-electron chi connectivity index (χ3n) is 5.81. The molecule has 3 rings (SSSR count). The fourth-order valence-electron chi connectivity index (χ4n) is 3.99. The zero-order valence-corrected chi connectivity index (χ0v) is 21.5. The zero-order chi connectivity index (χ0) is 25.4. The van der Waals surface area contributed by atoms with Gasteiger partial charge in [0, 0.05) is 25.0 Å². The van der Waals surface area contributed by atoms with Crippen LogP contribution in [0.3, 0.4) is 0 Å². The first-order chi connectivity index (χ1) is 16.7. The lowest BCUT2D eigenvalue weighted by molar-refractivity contribution is -0.142. The second-order valence-corrected chi connectivity index (χ2v) is 9.94. The van der Waals surface area contributed by atoms with Crippen LogP contribution < -0.4 is 10.1 Å². The van der Waals surface area contributed by atoms with Crippen molar-refractivity contribution in [2.75, 3.05) is 13.7 Å². The Balaban J connectivity index is 1.91. The van der Waals surface area contributed by atoms with Gasteiger partial charge < -0.3 is 15.0 Å². The normalized spacial score (nSPS) is 12.0. The van der Waals surface area contributed by atoms with Crippen molar-refractivity contribution in [1.29, 1.82) is 0 Å². The standard InChI is InChI=1S/C29H33ClN2O3/c1-29(2,3)24-15-8-9-16-26(24)35-20-27(33)32(19-22-13-10-14-23(30)17-22)25(28(34)31-4)18-21-11-6-5-7-12-21/h5-17,25H,18-20H2,1-4H3,(H,31,34). The van der Waals surface area contributed by atoms with E-state index in [0.717, 1.165) is 16.7 Å². The molecular weight excluding hydrogens is 460 g/mol. The van der Waals surface area contributed by atoms with E-state index in [1.165, 1.54) is 0 Å². The molecule has 0 saturated heterocycles.